The van der Waals surface area contributed by atoms with Gasteiger partial charge in [-0.2, -0.15) is 0 Å². The molecule has 1 aromatic carbocycles. The zero-order chi connectivity index (χ0) is 21.6. The predicted molar refractivity (Wildman–Crippen MR) is 123 cm³/mol. The Labute approximate surface area is 191 Å². The second-order valence-electron chi connectivity index (χ2n) is 10.6. The molecule has 3 nitrogen and oxygen atoms in total. The van der Waals surface area contributed by atoms with Gasteiger partial charge in [-0.1, -0.05) is 48.9 Å². The van der Waals surface area contributed by atoms with Crippen molar-refractivity contribution in [1.82, 2.24) is 0 Å². The lowest BCUT2D eigenvalue weighted by Crippen LogP contribution is -2.59. The third-order valence-corrected chi connectivity index (χ3v) is 12.6. The number of allylic oxidation sites excluding steroid dienone is 2. The summed E-state index contributed by atoms with van der Waals surface area (Å²) in [6.07, 6.45) is 10.4. The molecule has 0 unspecified atom stereocenters. The number of rotatable bonds is 3. The highest BCUT2D eigenvalue weighted by Gasteiger charge is 2.80. The predicted octanol–water partition coefficient (Wildman–Crippen LogP) is 5.31. The van der Waals surface area contributed by atoms with E-state index < -0.39 is 15.0 Å². The first kappa shape index (κ1) is 20.4. The summed E-state index contributed by atoms with van der Waals surface area (Å²) >= 11 is 7.36. The molecule has 164 valence electrons. The minimum atomic E-state index is -1.16. The molecular weight excluding hydrogens is 428 g/mol. The van der Waals surface area contributed by atoms with E-state index in [1.807, 2.05) is 36.4 Å². The summed E-state index contributed by atoms with van der Waals surface area (Å²) in [7, 11) is -1.16. The van der Waals surface area contributed by atoms with Gasteiger partial charge in [-0.15, -0.1) is 11.6 Å². The van der Waals surface area contributed by atoms with Crippen LogP contribution in [0.4, 0.5) is 0 Å². The van der Waals surface area contributed by atoms with Crippen LogP contribution in [0.5, 0.6) is 0 Å². The molecule has 0 amide bonds. The van der Waals surface area contributed by atoms with Crippen molar-refractivity contribution in [2.24, 2.45) is 22.7 Å². The van der Waals surface area contributed by atoms with Gasteiger partial charge in [-0.3, -0.25) is 9.00 Å². The quantitative estimate of drug-likeness (QED) is 0.457. The van der Waals surface area contributed by atoms with Crippen molar-refractivity contribution in [2.45, 2.75) is 67.6 Å². The smallest absolute Gasteiger partial charge is 0.178 e. The Morgan fingerprint density at radius 2 is 1.94 bits per heavy atom. The average molecular weight is 457 g/mol. The fourth-order valence-corrected chi connectivity index (χ4v) is 10.1. The maximum absolute atomic E-state index is 13.7. The Morgan fingerprint density at radius 3 is 2.71 bits per heavy atom. The third kappa shape index (κ3) is 2.45. The van der Waals surface area contributed by atoms with Gasteiger partial charge in [0.25, 0.3) is 0 Å². The molecule has 1 aromatic rings. The minimum absolute atomic E-state index is 0.0946. The van der Waals surface area contributed by atoms with Gasteiger partial charge in [0.05, 0.1) is 11.9 Å². The van der Waals surface area contributed by atoms with E-state index in [0.717, 1.165) is 37.7 Å². The van der Waals surface area contributed by atoms with E-state index in [1.54, 1.807) is 6.08 Å². The van der Waals surface area contributed by atoms with Crippen molar-refractivity contribution in [3.05, 3.63) is 59.7 Å². The number of halogens is 1. The van der Waals surface area contributed by atoms with E-state index >= 15 is 0 Å². The van der Waals surface area contributed by atoms with E-state index in [1.165, 1.54) is 5.57 Å². The molecule has 1 saturated heterocycles. The van der Waals surface area contributed by atoms with Crippen molar-refractivity contribution in [3.8, 4) is 0 Å². The molecule has 5 aliphatic rings. The van der Waals surface area contributed by atoms with Crippen LogP contribution in [0.25, 0.3) is 0 Å². The molecule has 5 heteroatoms. The zero-order valence-electron chi connectivity index (χ0n) is 18.1. The van der Waals surface area contributed by atoms with Crippen LogP contribution in [0, 0.1) is 22.7 Å². The highest BCUT2D eigenvalue weighted by Crippen LogP contribution is 2.76. The second kappa shape index (κ2) is 6.42. The molecular formula is C26H29ClO3S. The first-order chi connectivity index (χ1) is 14.7. The molecule has 0 N–H and O–H groups in total. The first-order valence-corrected chi connectivity index (χ1v) is 13.2. The van der Waals surface area contributed by atoms with Gasteiger partial charge in [-0.05, 0) is 68.6 Å². The number of ketones is 1. The molecule has 8 atom stereocenters. The number of carbonyl (C=O) groups is 1. The SMILES string of the molecule is C[C@]12C=CC(=O)C=C1CC[C@@H]1[C@@H]3CC[C@](Cl)([S@](=O)Cc4ccccc4)[C@@]3(C)C[C@@H]3O[C@@]312. The Balaban J connectivity index is 1.34. The topological polar surface area (TPSA) is 46.7 Å². The highest BCUT2D eigenvalue weighted by atomic mass is 35.5. The van der Waals surface area contributed by atoms with E-state index in [-0.39, 0.29) is 28.3 Å². The molecule has 4 fully saturated rings. The summed E-state index contributed by atoms with van der Waals surface area (Å²) < 4.78 is 19.6. The summed E-state index contributed by atoms with van der Waals surface area (Å²) in [5.41, 5.74) is 1.66. The van der Waals surface area contributed by atoms with Crippen molar-refractivity contribution < 1.29 is 13.7 Å². The highest BCUT2D eigenvalue weighted by molar-refractivity contribution is 7.87. The van der Waals surface area contributed by atoms with Crippen molar-refractivity contribution in [2.75, 3.05) is 0 Å². The van der Waals surface area contributed by atoms with Crippen LogP contribution >= 0.6 is 11.6 Å². The van der Waals surface area contributed by atoms with Gasteiger partial charge in [0.15, 0.2) is 5.78 Å². The molecule has 6 rings (SSSR count). The largest absolute Gasteiger partial charge is 0.364 e. The Hall–Kier alpha value is -1.23. The van der Waals surface area contributed by atoms with Crippen LogP contribution in [0.15, 0.2) is 54.1 Å². The molecule has 0 bridgehead atoms. The average Bonchev–Trinajstić information content (AvgIpc) is 3.40. The Kier molecular flexibility index (Phi) is 4.22. The lowest BCUT2D eigenvalue weighted by Gasteiger charge is -2.55. The standard InChI is InChI=1S/C26H29ClO3S/c1-23-12-10-19(28)14-18(23)8-9-21-20-11-13-25(27,24(20,2)15-22-26(21,23)30-22)31(29)16-17-6-4-3-5-7-17/h3-7,10,12,14,20-22H,8-9,11,13,15-16H2,1-2H3/t20-,21+,22-,23-,24-,25-,26+,31+/m0/s1. The molecule has 0 aromatic heterocycles. The van der Waals surface area contributed by atoms with Crippen LogP contribution in [0.2, 0.25) is 0 Å². The van der Waals surface area contributed by atoms with Gasteiger partial charge < -0.3 is 4.74 Å². The van der Waals surface area contributed by atoms with Crippen molar-refractivity contribution in [1.29, 1.82) is 0 Å². The maximum atomic E-state index is 13.7. The van der Waals surface area contributed by atoms with Gasteiger partial charge in [0.2, 0.25) is 0 Å². The van der Waals surface area contributed by atoms with Gasteiger partial charge in [0, 0.05) is 21.6 Å². The zero-order valence-corrected chi connectivity index (χ0v) is 19.7. The van der Waals surface area contributed by atoms with E-state index in [0.29, 0.717) is 17.6 Å². The molecule has 1 aliphatic heterocycles. The summed E-state index contributed by atoms with van der Waals surface area (Å²) in [4.78, 5) is 12.0. The number of hydrogen-bond acceptors (Lipinski definition) is 3. The van der Waals surface area contributed by atoms with E-state index in [4.69, 9.17) is 16.3 Å². The normalized spacial score (nSPS) is 48.2. The molecule has 1 spiro atoms. The van der Waals surface area contributed by atoms with Crippen LogP contribution in [-0.4, -0.2) is 25.9 Å². The number of carbonyl (C=O) groups excluding carboxylic acids is 1. The summed E-state index contributed by atoms with van der Waals surface area (Å²) in [6, 6.07) is 10.1. The first-order valence-electron chi connectivity index (χ1n) is 11.5. The monoisotopic (exact) mass is 456 g/mol. The van der Waals surface area contributed by atoms with E-state index in [9.17, 15) is 9.00 Å². The molecule has 1 heterocycles. The van der Waals surface area contributed by atoms with Crippen LogP contribution < -0.4 is 0 Å². The Morgan fingerprint density at radius 1 is 1.16 bits per heavy atom. The fraction of sp³-hybridized carbons (Fsp3) is 0.577. The number of benzene rings is 1. The summed E-state index contributed by atoms with van der Waals surface area (Å²) in [5.74, 6) is 1.39. The second-order valence-corrected chi connectivity index (χ2v) is 13.2. The van der Waals surface area contributed by atoms with Crippen molar-refractivity contribution in [3.63, 3.8) is 0 Å². The number of alkyl halides is 1. The Bertz CT molecular complexity index is 1050. The van der Waals surface area contributed by atoms with E-state index in [2.05, 4.69) is 19.9 Å². The molecule has 31 heavy (non-hydrogen) atoms. The van der Waals surface area contributed by atoms with Crippen LogP contribution in [0.1, 0.15) is 51.5 Å². The fourth-order valence-electron chi connectivity index (χ4n) is 7.80. The third-order valence-electron chi connectivity index (χ3n) is 9.45. The molecule has 0 radical (unpaired) electrons. The van der Waals surface area contributed by atoms with Gasteiger partial charge in [0.1, 0.15) is 9.81 Å². The molecule has 3 saturated carbocycles. The lowest BCUT2D eigenvalue weighted by atomic mass is 9.48. The number of epoxide rings is 1. The van der Waals surface area contributed by atoms with Crippen molar-refractivity contribution >= 4 is 28.2 Å². The summed E-state index contributed by atoms with van der Waals surface area (Å²) in [6.45, 7) is 4.53. The minimum Gasteiger partial charge on any atom is -0.364 e. The maximum Gasteiger partial charge on any atom is 0.178 e. The number of fused-ring (bicyclic) bond motifs is 3. The van der Waals surface area contributed by atoms with Crippen LogP contribution in [0.3, 0.4) is 0 Å². The van der Waals surface area contributed by atoms with Gasteiger partial charge in [-0.25, -0.2) is 0 Å². The molecule has 4 aliphatic carbocycles. The number of hydrogen-bond donors (Lipinski definition) is 0. The lowest BCUT2D eigenvalue weighted by molar-refractivity contribution is -0.111. The van der Waals surface area contributed by atoms with Crippen LogP contribution in [-0.2, 0) is 26.1 Å². The summed E-state index contributed by atoms with van der Waals surface area (Å²) in [5, 5.41) is 0. The van der Waals surface area contributed by atoms with Gasteiger partial charge >= 0.3 is 0 Å². The number of ether oxygens (including phenoxy) is 1.